The van der Waals surface area contributed by atoms with E-state index in [1.165, 1.54) is 11.3 Å². The van der Waals surface area contributed by atoms with Crippen LogP contribution in [0.3, 0.4) is 0 Å². The molecule has 6 heteroatoms. The van der Waals surface area contributed by atoms with Crippen molar-refractivity contribution in [2.24, 2.45) is 5.92 Å². The van der Waals surface area contributed by atoms with E-state index < -0.39 is 0 Å². The van der Waals surface area contributed by atoms with Gasteiger partial charge in [-0.15, -0.1) is 10.2 Å². The Hall–Kier alpha value is -1.27. The van der Waals surface area contributed by atoms with Gasteiger partial charge < -0.3 is 0 Å². The summed E-state index contributed by atoms with van der Waals surface area (Å²) in [6.45, 7) is 3.74. The highest BCUT2D eigenvalue weighted by Gasteiger charge is 2.18. The zero-order valence-corrected chi connectivity index (χ0v) is 13.3. The van der Waals surface area contributed by atoms with Crippen LogP contribution >= 0.6 is 27.3 Å². The standard InChI is InChI=1S/C13H14BrN3OS/c1-8(2)12(18)17(3)13-16-15-11(19-13)9-4-6-10(14)7-5-9/h4-8H,1-3H3. The monoisotopic (exact) mass is 339 g/mol. The van der Waals surface area contributed by atoms with Gasteiger partial charge in [-0.1, -0.05) is 53.2 Å². The van der Waals surface area contributed by atoms with E-state index >= 15 is 0 Å². The molecule has 0 N–H and O–H groups in total. The summed E-state index contributed by atoms with van der Waals surface area (Å²) in [5.74, 6) is -0.0106. The molecule has 0 radical (unpaired) electrons. The number of halogens is 1. The fourth-order valence-electron chi connectivity index (χ4n) is 1.54. The van der Waals surface area contributed by atoms with Gasteiger partial charge in [-0.3, -0.25) is 9.69 Å². The molecule has 19 heavy (non-hydrogen) atoms. The summed E-state index contributed by atoms with van der Waals surface area (Å²) in [6.07, 6.45) is 0. The van der Waals surface area contributed by atoms with Crippen molar-refractivity contribution in [2.75, 3.05) is 11.9 Å². The van der Waals surface area contributed by atoms with Crippen LogP contribution in [0.5, 0.6) is 0 Å². The van der Waals surface area contributed by atoms with Crippen molar-refractivity contribution < 1.29 is 4.79 Å². The fourth-order valence-corrected chi connectivity index (χ4v) is 2.62. The largest absolute Gasteiger partial charge is 0.290 e. The van der Waals surface area contributed by atoms with Crippen LogP contribution < -0.4 is 4.90 Å². The molecule has 0 saturated heterocycles. The molecule has 1 aromatic carbocycles. The summed E-state index contributed by atoms with van der Waals surface area (Å²) < 4.78 is 1.02. The highest BCUT2D eigenvalue weighted by Crippen LogP contribution is 2.29. The molecule has 1 aromatic heterocycles. The van der Waals surface area contributed by atoms with Gasteiger partial charge in [-0.05, 0) is 12.1 Å². The molecule has 4 nitrogen and oxygen atoms in total. The number of rotatable bonds is 3. The fraction of sp³-hybridized carbons (Fsp3) is 0.308. The number of amides is 1. The first-order valence-corrected chi connectivity index (χ1v) is 7.47. The molecule has 0 saturated carbocycles. The van der Waals surface area contributed by atoms with Crippen LogP contribution in [0.25, 0.3) is 10.6 Å². The van der Waals surface area contributed by atoms with Crippen LogP contribution in [0.4, 0.5) is 5.13 Å². The molecule has 2 rings (SSSR count). The van der Waals surface area contributed by atoms with Gasteiger partial charge in [0.05, 0.1) is 0 Å². The van der Waals surface area contributed by atoms with Crippen molar-refractivity contribution in [3.8, 4) is 10.6 Å². The lowest BCUT2D eigenvalue weighted by atomic mass is 10.2. The van der Waals surface area contributed by atoms with Crippen LogP contribution in [0.2, 0.25) is 0 Å². The molecule has 0 atom stereocenters. The first-order valence-electron chi connectivity index (χ1n) is 5.86. The predicted molar refractivity (Wildman–Crippen MR) is 81.3 cm³/mol. The first-order chi connectivity index (χ1) is 8.99. The van der Waals surface area contributed by atoms with Gasteiger partial charge >= 0.3 is 0 Å². The molecule has 1 heterocycles. The summed E-state index contributed by atoms with van der Waals surface area (Å²) in [7, 11) is 1.73. The van der Waals surface area contributed by atoms with E-state index in [4.69, 9.17) is 0 Å². The zero-order valence-electron chi connectivity index (χ0n) is 10.9. The average molecular weight is 340 g/mol. The Kier molecular flexibility index (Phi) is 4.31. The van der Waals surface area contributed by atoms with E-state index in [0.29, 0.717) is 5.13 Å². The topological polar surface area (TPSA) is 46.1 Å². The minimum Gasteiger partial charge on any atom is -0.290 e. The highest BCUT2D eigenvalue weighted by molar-refractivity contribution is 9.10. The van der Waals surface area contributed by atoms with Crippen molar-refractivity contribution in [3.63, 3.8) is 0 Å². The number of hydrogen-bond donors (Lipinski definition) is 0. The second-order valence-electron chi connectivity index (χ2n) is 4.45. The highest BCUT2D eigenvalue weighted by atomic mass is 79.9. The number of hydrogen-bond acceptors (Lipinski definition) is 4. The Morgan fingerprint density at radius 2 is 1.89 bits per heavy atom. The number of aromatic nitrogens is 2. The van der Waals surface area contributed by atoms with Gasteiger partial charge in [0.15, 0.2) is 0 Å². The molecule has 2 aromatic rings. The Morgan fingerprint density at radius 1 is 1.26 bits per heavy atom. The Labute approximate surface area is 124 Å². The second-order valence-corrected chi connectivity index (χ2v) is 6.32. The van der Waals surface area contributed by atoms with Crippen LogP contribution in [0, 0.1) is 5.92 Å². The number of anilines is 1. The lowest BCUT2D eigenvalue weighted by Gasteiger charge is -2.14. The van der Waals surface area contributed by atoms with Crippen LogP contribution in [0.1, 0.15) is 13.8 Å². The summed E-state index contributed by atoms with van der Waals surface area (Å²) in [4.78, 5) is 13.5. The average Bonchev–Trinajstić information content (AvgIpc) is 2.87. The van der Waals surface area contributed by atoms with Crippen molar-refractivity contribution in [3.05, 3.63) is 28.7 Å². The maximum Gasteiger partial charge on any atom is 0.231 e. The summed E-state index contributed by atoms with van der Waals surface area (Å²) in [5.41, 5.74) is 0.998. The number of benzene rings is 1. The van der Waals surface area contributed by atoms with Crippen LogP contribution in [-0.4, -0.2) is 23.2 Å². The quantitative estimate of drug-likeness (QED) is 0.858. The molecule has 0 aliphatic rings. The third-order valence-corrected chi connectivity index (χ3v) is 4.19. The Bertz CT molecular complexity index is 580. The normalized spacial score (nSPS) is 10.8. The number of nitrogens with zero attached hydrogens (tertiary/aromatic N) is 3. The molecule has 100 valence electrons. The predicted octanol–water partition coefficient (Wildman–Crippen LogP) is 3.59. The van der Waals surface area contributed by atoms with Crippen molar-refractivity contribution in [2.45, 2.75) is 13.8 Å². The Morgan fingerprint density at radius 3 is 2.47 bits per heavy atom. The van der Waals surface area contributed by atoms with Crippen molar-refractivity contribution >= 4 is 38.3 Å². The Balaban J connectivity index is 2.24. The second kappa shape index (κ2) is 5.79. The van der Waals surface area contributed by atoms with Gasteiger partial charge in [-0.2, -0.15) is 0 Å². The number of carbonyl (C=O) groups is 1. The smallest absolute Gasteiger partial charge is 0.231 e. The summed E-state index contributed by atoms with van der Waals surface area (Å²) in [6, 6.07) is 7.86. The maximum absolute atomic E-state index is 11.9. The molecule has 0 aliphatic carbocycles. The summed E-state index contributed by atoms with van der Waals surface area (Å²) >= 11 is 4.81. The molecule has 0 aliphatic heterocycles. The SMILES string of the molecule is CC(C)C(=O)N(C)c1nnc(-c2ccc(Br)cc2)s1. The zero-order chi connectivity index (χ0) is 14.0. The number of carbonyl (C=O) groups excluding carboxylic acids is 1. The molecule has 1 amide bonds. The van der Waals surface area contributed by atoms with E-state index in [9.17, 15) is 4.79 Å². The molecule has 0 bridgehead atoms. The lowest BCUT2D eigenvalue weighted by molar-refractivity contribution is -0.121. The molecule has 0 spiro atoms. The molecule has 0 unspecified atom stereocenters. The van der Waals surface area contributed by atoms with E-state index in [2.05, 4.69) is 26.1 Å². The van der Waals surface area contributed by atoms with Gasteiger partial charge in [0.2, 0.25) is 11.0 Å². The van der Waals surface area contributed by atoms with Crippen LogP contribution in [-0.2, 0) is 4.79 Å². The maximum atomic E-state index is 11.9. The van der Waals surface area contributed by atoms with E-state index in [1.54, 1.807) is 11.9 Å². The van der Waals surface area contributed by atoms with Gasteiger partial charge in [0, 0.05) is 23.0 Å². The van der Waals surface area contributed by atoms with Crippen LogP contribution in [0.15, 0.2) is 28.7 Å². The van der Waals surface area contributed by atoms with Crippen molar-refractivity contribution in [1.82, 2.24) is 10.2 Å². The van der Waals surface area contributed by atoms with Gasteiger partial charge in [0.1, 0.15) is 5.01 Å². The van der Waals surface area contributed by atoms with Crippen molar-refractivity contribution in [1.29, 1.82) is 0 Å². The minimum atomic E-state index is -0.0509. The third-order valence-electron chi connectivity index (χ3n) is 2.62. The third kappa shape index (κ3) is 3.19. The molecular formula is C13H14BrN3OS. The van der Waals surface area contributed by atoms with E-state index in [-0.39, 0.29) is 11.8 Å². The molecule has 0 fully saturated rings. The van der Waals surface area contributed by atoms with Gasteiger partial charge in [-0.25, -0.2) is 0 Å². The van der Waals surface area contributed by atoms with E-state index in [0.717, 1.165) is 15.0 Å². The van der Waals surface area contributed by atoms with Gasteiger partial charge in [0.25, 0.3) is 0 Å². The lowest BCUT2D eigenvalue weighted by Crippen LogP contribution is -2.30. The molecular weight excluding hydrogens is 326 g/mol. The van der Waals surface area contributed by atoms with E-state index in [1.807, 2.05) is 38.1 Å². The first kappa shape index (κ1) is 14.1. The minimum absolute atomic E-state index is 0.0403. The summed E-state index contributed by atoms with van der Waals surface area (Å²) in [5, 5.41) is 9.65.